The van der Waals surface area contributed by atoms with Gasteiger partial charge in [0.1, 0.15) is 0 Å². The van der Waals surface area contributed by atoms with Gasteiger partial charge in [-0.2, -0.15) is 0 Å². The molecule has 0 aliphatic rings. The molecule has 0 bridgehead atoms. The van der Waals surface area contributed by atoms with E-state index in [2.05, 4.69) is 6.92 Å². The van der Waals surface area contributed by atoms with Crippen LogP contribution >= 0.6 is 0 Å². The van der Waals surface area contributed by atoms with Gasteiger partial charge < -0.3 is 5.11 Å². The van der Waals surface area contributed by atoms with Crippen LogP contribution in [0.4, 0.5) is 0 Å². The summed E-state index contributed by atoms with van der Waals surface area (Å²) in [4.78, 5) is 0. The van der Waals surface area contributed by atoms with E-state index in [1.54, 1.807) is 13.8 Å². The molecule has 92 valence electrons. The molecule has 1 N–H and O–H groups in total. The van der Waals surface area contributed by atoms with Crippen molar-refractivity contribution in [3.63, 3.8) is 0 Å². The molecule has 0 spiro atoms. The first-order valence-electron chi connectivity index (χ1n) is 5.61. The molecule has 0 amide bonds. The van der Waals surface area contributed by atoms with E-state index >= 15 is 0 Å². The zero-order chi connectivity index (χ0) is 12.1. The third-order valence-corrected chi connectivity index (χ3v) is 5.27. The number of aliphatic hydroxyl groups excluding tert-OH is 1. The third-order valence-electron chi connectivity index (χ3n) is 3.09. The summed E-state index contributed by atoms with van der Waals surface area (Å²) in [7, 11) is -3.19. The van der Waals surface area contributed by atoms with Gasteiger partial charge in [0.15, 0.2) is 9.84 Å². The molecule has 4 heteroatoms. The van der Waals surface area contributed by atoms with Gasteiger partial charge in [0.05, 0.1) is 10.9 Å². The van der Waals surface area contributed by atoms with Gasteiger partial charge >= 0.3 is 0 Å². The molecule has 0 saturated heterocycles. The van der Waals surface area contributed by atoms with Gasteiger partial charge in [0.25, 0.3) is 0 Å². The van der Waals surface area contributed by atoms with Crippen LogP contribution in [0.2, 0.25) is 0 Å². The Morgan fingerprint density at radius 2 is 1.73 bits per heavy atom. The van der Waals surface area contributed by atoms with Crippen molar-refractivity contribution < 1.29 is 13.5 Å². The molecule has 0 heterocycles. The predicted octanol–water partition coefficient (Wildman–Crippen LogP) is 2.14. The van der Waals surface area contributed by atoms with Crippen molar-refractivity contribution in [2.75, 3.05) is 6.26 Å². The molecule has 3 nitrogen and oxygen atoms in total. The Labute approximate surface area is 93.8 Å². The highest BCUT2D eigenvalue weighted by atomic mass is 32.2. The fraction of sp³-hybridized carbons (Fsp3) is 1.00. The number of unbranched alkanes of at least 4 members (excludes halogenated alkanes) is 3. The normalized spacial score (nSPS) is 15.3. The van der Waals surface area contributed by atoms with E-state index in [4.69, 9.17) is 0 Å². The summed E-state index contributed by atoms with van der Waals surface area (Å²) in [5, 5.41) is 9.83. The lowest BCUT2D eigenvalue weighted by Crippen LogP contribution is -2.43. The highest BCUT2D eigenvalue weighted by Gasteiger charge is 2.37. The minimum Gasteiger partial charge on any atom is -0.392 e. The van der Waals surface area contributed by atoms with Crippen molar-refractivity contribution >= 4 is 9.84 Å². The maximum absolute atomic E-state index is 11.4. The standard InChI is InChI=1S/C11H24O3S/c1-5-6-7-8-9-10(12)11(2,3)15(4,13)14/h10,12H,5-9H2,1-4H3. The topological polar surface area (TPSA) is 54.4 Å². The van der Waals surface area contributed by atoms with Gasteiger partial charge in [-0.25, -0.2) is 8.42 Å². The van der Waals surface area contributed by atoms with E-state index in [0.29, 0.717) is 6.42 Å². The molecule has 0 aromatic carbocycles. The average molecular weight is 236 g/mol. The summed E-state index contributed by atoms with van der Waals surface area (Å²) in [6.07, 6.45) is 5.24. The number of rotatable bonds is 7. The molecular weight excluding hydrogens is 212 g/mol. The van der Waals surface area contributed by atoms with E-state index in [1.807, 2.05) is 0 Å². The molecular formula is C11H24O3S. The van der Waals surface area contributed by atoms with Crippen LogP contribution in [0.1, 0.15) is 52.9 Å². The minimum atomic E-state index is -3.19. The lowest BCUT2D eigenvalue weighted by atomic mass is 10.00. The summed E-state index contributed by atoms with van der Waals surface area (Å²) < 4.78 is 21.8. The van der Waals surface area contributed by atoms with Crippen molar-refractivity contribution in [2.45, 2.75) is 63.7 Å². The molecule has 1 atom stereocenters. The molecule has 15 heavy (non-hydrogen) atoms. The monoisotopic (exact) mass is 236 g/mol. The quantitative estimate of drug-likeness (QED) is 0.689. The van der Waals surface area contributed by atoms with Gasteiger partial charge in [-0.3, -0.25) is 0 Å². The molecule has 1 unspecified atom stereocenters. The van der Waals surface area contributed by atoms with Crippen LogP contribution in [0.15, 0.2) is 0 Å². The lowest BCUT2D eigenvalue weighted by molar-refractivity contribution is 0.125. The first-order valence-corrected chi connectivity index (χ1v) is 7.50. The number of hydrogen-bond donors (Lipinski definition) is 1. The van der Waals surface area contributed by atoms with Crippen molar-refractivity contribution in [1.29, 1.82) is 0 Å². The minimum absolute atomic E-state index is 0.570. The van der Waals surface area contributed by atoms with E-state index in [1.165, 1.54) is 6.26 Å². The molecule has 0 aliphatic carbocycles. The summed E-state index contributed by atoms with van der Waals surface area (Å²) in [5.74, 6) is 0. The lowest BCUT2D eigenvalue weighted by Gasteiger charge is -2.28. The van der Waals surface area contributed by atoms with Gasteiger partial charge in [-0.15, -0.1) is 0 Å². The Kier molecular flexibility index (Phi) is 5.81. The number of sulfone groups is 1. The van der Waals surface area contributed by atoms with Crippen LogP contribution < -0.4 is 0 Å². The van der Waals surface area contributed by atoms with Gasteiger partial charge in [0, 0.05) is 6.26 Å². The van der Waals surface area contributed by atoms with E-state index in [-0.39, 0.29) is 0 Å². The Hall–Kier alpha value is -0.0900. The van der Waals surface area contributed by atoms with Crippen molar-refractivity contribution in [3.8, 4) is 0 Å². The van der Waals surface area contributed by atoms with Crippen molar-refractivity contribution in [2.24, 2.45) is 0 Å². The maximum Gasteiger partial charge on any atom is 0.155 e. The molecule has 0 saturated carbocycles. The number of aliphatic hydroxyl groups is 1. The van der Waals surface area contributed by atoms with Gasteiger partial charge in [-0.05, 0) is 20.3 Å². The third kappa shape index (κ3) is 4.51. The molecule has 0 rings (SSSR count). The highest BCUT2D eigenvalue weighted by Crippen LogP contribution is 2.23. The zero-order valence-electron chi connectivity index (χ0n) is 10.3. The Balaban J connectivity index is 4.15. The van der Waals surface area contributed by atoms with Crippen LogP contribution in [0.25, 0.3) is 0 Å². The Bertz CT molecular complexity index is 268. The summed E-state index contributed by atoms with van der Waals surface area (Å²) >= 11 is 0. The fourth-order valence-electron chi connectivity index (χ4n) is 1.36. The van der Waals surface area contributed by atoms with E-state index < -0.39 is 20.7 Å². The van der Waals surface area contributed by atoms with Crippen LogP contribution in [0.5, 0.6) is 0 Å². The average Bonchev–Trinajstić information content (AvgIpc) is 2.10. The number of hydrogen-bond acceptors (Lipinski definition) is 3. The second-order valence-electron chi connectivity index (χ2n) is 4.74. The predicted molar refractivity (Wildman–Crippen MR) is 63.7 cm³/mol. The maximum atomic E-state index is 11.4. The molecule has 0 aromatic rings. The zero-order valence-corrected chi connectivity index (χ0v) is 11.1. The van der Waals surface area contributed by atoms with Crippen LogP contribution in [-0.2, 0) is 9.84 Å². The van der Waals surface area contributed by atoms with Gasteiger partial charge in [0.2, 0.25) is 0 Å². The summed E-state index contributed by atoms with van der Waals surface area (Å²) in [6, 6.07) is 0. The van der Waals surface area contributed by atoms with E-state index in [9.17, 15) is 13.5 Å². The Morgan fingerprint density at radius 3 is 2.13 bits per heavy atom. The highest BCUT2D eigenvalue weighted by molar-refractivity contribution is 7.92. The summed E-state index contributed by atoms with van der Waals surface area (Å²) in [6.45, 7) is 5.30. The fourth-order valence-corrected chi connectivity index (χ4v) is 1.97. The second-order valence-corrected chi connectivity index (χ2v) is 7.34. The van der Waals surface area contributed by atoms with E-state index in [0.717, 1.165) is 25.7 Å². The largest absolute Gasteiger partial charge is 0.392 e. The second kappa shape index (κ2) is 5.85. The molecule has 0 aromatic heterocycles. The van der Waals surface area contributed by atoms with Crippen molar-refractivity contribution in [1.82, 2.24) is 0 Å². The first-order chi connectivity index (χ1) is 6.73. The first kappa shape index (κ1) is 14.9. The molecule has 0 fully saturated rings. The smallest absolute Gasteiger partial charge is 0.155 e. The van der Waals surface area contributed by atoms with Crippen LogP contribution in [0, 0.1) is 0 Å². The Morgan fingerprint density at radius 1 is 1.20 bits per heavy atom. The van der Waals surface area contributed by atoms with Crippen LogP contribution in [0.3, 0.4) is 0 Å². The molecule has 0 radical (unpaired) electrons. The molecule has 0 aliphatic heterocycles. The SMILES string of the molecule is CCCCCCC(O)C(C)(C)S(C)(=O)=O. The summed E-state index contributed by atoms with van der Waals surface area (Å²) in [5.41, 5.74) is 0. The van der Waals surface area contributed by atoms with Crippen molar-refractivity contribution in [3.05, 3.63) is 0 Å². The van der Waals surface area contributed by atoms with Gasteiger partial charge in [-0.1, -0.05) is 32.6 Å². The van der Waals surface area contributed by atoms with Crippen LogP contribution in [-0.4, -0.2) is 30.6 Å².